The van der Waals surface area contributed by atoms with Crippen LogP contribution in [0.2, 0.25) is 0 Å². The van der Waals surface area contributed by atoms with Gasteiger partial charge in [0.2, 0.25) is 0 Å². The third kappa shape index (κ3) is 2.51. The molecule has 0 saturated heterocycles. The number of sulfone groups is 1. The summed E-state index contributed by atoms with van der Waals surface area (Å²) in [6.07, 6.45) is 1.11. The molecule has 0 aliphatic carbocycles. The fourth-order valence-corrected chi connectivity index (χ4v) is 2.31. The Bertz CT molecular complexity index is 693. The minimum atomic E-state index is -3.31. The highest BCUT2D eigenvalue weighted by Crippen LogP contribution is 2.30. The van der Waals surface area contributed by atoms with Gasteiger partial charge in [0.25, 0.3) is 0 Å². The second-order valence-electron chi connectivity index (χ2n) is 3.96. The first-order valence-corrected chi connectivity index (χ1v) is 7.06. The van der Waals surface area contributed by atoms with Gasteiger partial charge in [0.15, 0.2) is 9.84 Å². The number of aromatic hydroxyl groups is 1. The molecule has 0 aliphatic rings. The Morgan fingerprint density at radius 3 is 2.44 bits per heavy atom. The molecule has 94 valence electrons. The number of benzene rings is 2. The Balaban J connectivity index is 2.58. The van der Waals surface area contributed by atoms with Crippen molar-refractivity contribution in [2.45, 2.75) is 4.90 Å². The fraction of sp³-hybridized carbons (Fsp3) is 0.0769. The summed E-state index contributed by atoms with van der Waals surface area (Å²) in [6.45, 7) is 0. The van der Waals surface area contributed by atoms with E-state index in [2.05, 4.69) is 0 Å². The summed E-state index contributed by atoms with van der Waals surface area (Å²) in [6, 6.07) is 9.76. The lowest BCUT2D eigenvalue weighted by molar-refractivity contribution is 0.471. The summed E-state index contributed by atoms with van der Waals surface area (Å²) in [5.74, 6) is -0.767. The van der Waals surface area contributed by atoms with E-state index in [-0.39, 0.29) is 10.6 Å². The first kappa shape index (κ1) is 12.6. The molecular formula is C13H11FO3S. The van der Waals surface area contributed by atoms with Gasteiger partial charge in [-0.25, -0.2) is 12.8 Å². The average Bonchev–Trinajstić information content (AvgIpc) is 2.28. The predicted octanol–water partition coefficient (Wildman–Crippen LogP) is 2.60. The molecule has 0 fully saturated rings. The van der Waals surface area contributed by atoms with Crippen LogP contribution >= 0.6 is 0 Å². The van der Waals surface area contributed by atoms with E-state index >= 15 is 0 Å². The summed E-state index contributed by atoms with van der Waals surface area (Å²) in [4.78, 5) is 0.156. The van der Waals surface area contributed by atoms with Crippen LogP contribution in [0.1, 0.15) is 0 Å². The van der Waals surface area contributed by atoms with Gasteiger partial charge >= 0.3 is 0 Å². The molecule has 0 atom stereocenters. The maximum atomic E-state index is 12.9. The minimum absolute atomic E-state index is 0.156. The Kier molecular flexibility index (Phi) is 3.09. The Morgan fingerprint density at radius 1 is 1.11 bits per heavy atom. The van der Waals surface area contributed by atoms with E-state index in [0.717, 1.165) is 12.3 Å². The van der Waals surface area contributed by atoms with Crippen LogP contribution in [0.5, 0.6) is 5.75 Å². The lowest BCUT2D eigenvalue weighted by Crippen LogP contribution is -1.96. The van der Waals surface area contributed by atoms with E-state index in [4.69, 9.17) is 0 Å². The molecule has 2 rings (SSSR count). The number of phenolic OH excluding ortho intramolecular Hbond substituents is 1. The number of hydrogen-bond acceptors (Lipinski definition) is 3. The van der Waals surface area contributed by atoms with Crippen molar-refractivity contribution in [3.8, 4) is 16.9 Å². The molecule has 1 N–H and O–H groups in total. The predicted molar refractivity (Wildman–Crippen MR) is 66.6 cm³/mol. The van der Waals surface area contributed by atoms with E-state index in [0.29, 0.717) is 11.1 Å². The quantitative estimate of drug-likeness (QED) is 0.909. The van der Waals surface area contributed by atoms with Crippen molar-refractivity contribution >= 4 is 9.84 Å². The maximum Gasteiger partial charge on any atom is 0.175 e. The highest BCUT2D eigenvalue weighted by atomic mass is 32.2. The first-order chi connectivity index (χ1) is 8.38. The molecule has 0 radical (unpaired) electrons. The molecule has 18 heavy (non-hydrogen) atoms. The molecule has 3 nitrogen and oxygen atoms in total. The monoisotopic (exact) mass is 266 g/mol. The van der Waals surface area contributed by atoms with E-state index < -0.39 is 15.7 Å². The highest BCUT2D eigenvalue weighted by Gasteiger charge is 2.10. The van der Waals surface area contributed by atoms with Gasteiger partial charge in [-0.15, -0.1) is 0 Å². The van der Waals surface area contributed by atoms with E-state index in [1.54, 1.807) is 12.1 Å². The van der Waals surface area contributed by atoms with Crippen molar-refractivity contribution in [2.75, 3.05) is 6.26 Å². The molecule has 0 saturated carbocycles. The van der Waals surface area contributed by atoms with Gasteiger partial charge in [-0.3, -0.25) is 0 Å². The molecule has 0 aliphatic heterocycles. The zero-order valence-electron chi connectivity index (χ0n) is 9.59. The van der Waals surface area contributed by atoms with Gasteiger partial charge < -0.3 is 5.11 Å². The van der Waals surface area contributed by atoms with Crippen LogP contribution < -0.4 is 0 Å². The molecule has 0 bridgehead atoms. The molecule has 5 heteroatoms. The van der Waals surface area contributed by atoms with Crippen molar-refractivity contribution in [3.63, 3.8) is 0 Å². The molecule has 0 spiro atoms. The van der Waals surface area contributed by atoms with Crippen molar-refractivity contribution in [3.05, 3.63) is 48.3 Å². The van der Waals surface area contributed by atoms with Crippen molar-refractivity contribution in [2.24, 2.45) is 0 Å². The smallest absolute Gasteiger partial charge is 0.175 e. The van der Waals surface area contributed by atoms with Gasteiger partial charge in [-0.2, -0.15) is 0 Å². The average molecular weight is 266 g/mol. The lowest BCUT2D eigenvalue weighted by Gasteiger charge is -2.06. The topological polar surface area (TPSA) is 54.4 Å². The van der Waals surface area contributed by atoms with Gasteiger partial charge in [0.1, 0.15) is 11.6 Å². The van der Waals surface area contributed by atoms with Crippen molar-refractivity contribution in [1.29, 1.82) is 0 Å². The SMILES string of the molecule is CS(=O)(=O)c1cccc(-c2ccc(F)cc2O)c1. The summed E-state index contributed by atoms with van der Waals surface area (Å²) in [5, 5.41) is 9.65. The Labute approximate surface area is 104 Å². The van der Waals surface area contributed by atoms with Crippen LogP contribution in [0.4, 0.5) is 4.39 Å². The summed E-state index contributed by atoms with van der Waals surface area (Å²) in [5.41, 5.74) is 0.914. The number of rotatable bonds is 2. The van der Waals surface area contributed by atoms with E-state index in [1.807, 2.05) is 0 Å². The summed E-state index contributed by atoms with van der Waals surface area (Å²) >= 11 is 0. The van der Waals surface area contributed by atoms with E-state index in [9.17, 15) is 17.9 Å². The van der Waals surface area contributed by atoms with Gasteiger partial charge in [-0.05, 0) is 29.8 Å². The molecule has 2 aromatic rings. The standard InChI is InChI=1S/C13H11FO3S/c1-18(16,17)11-4-2-3-9(7-11)12-6-5-10(14)8-13(12)15/h2-8,15H,1H3. The van der Waals surface area contributed by atoms with Gasteiger partial charge in [0, 0.05) is 17.9 Å². The zero-order chi connectivity index (χ0) is 13.3. The maximum absolute atomic E-state index is 12.9. The van der Waals surface area contributed by atoms with Crippen LogP contribution in [0.25, 0.3) is 11.1 Å². The van der Waals surface area contributed by atoms with E-state index in [1.165, 1.54) is 24.3 Å². The van der Waals surface area contributed by atoms with Crippen LogP contribution in [0.3, 0.4) is 0 Å². The highest BCUT2D eigenvalue weighted by molar-refractivity contribution is 7.90. The van der Waals surface area contributed by atoms with Crippen LogP contribution in [0, 0.1) is 5.82 Å². The number of halogens is 1. The third-order valence-corrected chi connectivity index (χ3v) is 3.64. The fourth-order valence-electron chi connectivity index (χ4n) is 1.64. The second kappa shape index (κ2) is 4.42. The first-order valence-electron chi connectivity index (χ1n) is 5.17. The number of hydrogen-bond donors (Lipinski definition) is 1. The molecule has 2 aromatic carbocycles. The van der Waals surface area contributed by atoms with Crippen LogP contribution in [-0.2, 0) is 9.84 Å². The minimum Gasteiger partial charge on any atom is -0.507 e. The molecule has 0 unspecified atom stereocenters. The molecular weight excluding hydrogens is 255 g/mol. The molecule has 0 aromatic heterocycles. The van der Waals surface area contributed by atoms with Gasteiger partial charge in [-0.1, -0.05) is 12.1 Å². The van der Waals surface area contributed by atoms with Crippen LogP contribution in [-0.4, -0.2) is 19.8 Å². The normalized spacial score (nSPS) is 11.4. The van der Waals surface area contributed by atoms with Crippen molar-refractivity contribution < 1.29 is 17.9 Å². The molecule has 0 amide bonds. The molecule has 0 heterocycles. The Morgan fingerprint density at radius 2 is 1.83 bits per heavy atom. The largest absolute Gasteiger partial charge is 0.507 e. The Hall–Kier alpha value is -1.88. The zero-order valence-corrected chi connectivity index (χ0v) is 10.4. The second-order valence-corrected chi connectivity index (χ2v) is 5.98. The lowest BCUT2D eigenvalue weighted by atomic mass is 10.0. The number of phenols is 1. The van der Waals surface area contributed by atoms with Gasteiger partial charge in [0.05, 0.1) is 4.90 Å². The van der Waals surface area contributed by atoms with Crippen molar-refractivity contribution in [1.82, 2.24) is 0 Å². The summed E-state index contributed by atoms with van der Waals surface area (Å²) in [7, 11) is -3.31. The third-order valence-electron chi connectivity index (χ3n) is 2.53. The summed E-state index contributed by atoms with van der Waals surface area (Å²) < 4.78 is 35.7. The van der Waals surface area contributed by atoms with Crippen LogP contribution in [0.15, 0.2) is 47.4 Å².